The first-order valence-corrected chi connectivity index (χ1v) is 7.40. The van der Waals surface area contributed by atoms with Gasteiger partial charge >= 0.3 is 0 Å². The third-order valence-corrected chi connectivity index (χ3v) is 3.87. The highest BCUT2D eigenvalue weighted by molar-refractivity contribution is 7.89. The molecule has 0 aliphatic rings. The highest BCUT2D eigenvalue weighted by Crippen LogP contribution is 2.09. The fourth-order valence-corrected chi connectivity index (χ4v) is 2.44. The quantitative estimate of drug-likeness (QED) is 0.552. The molecule has 0 amide bonds. The summed E-state index contributed by atoms with van der Waals surface area (Å²) in [6.07, 6.45) is 3.52. The van der Waals surface area contributed by atoms with Crippen LogP contribution >= 0.6 is 11.6 Å². The Morgan fingerprint density at radius 3 is 2.84 bits per heavy atom. The van der Waals surface area contributed by atoms with Gasteiger partial charge in [0.15, 0.2) is 0 Å². The van der Waals surface area contributed by atoms with Crippen molar-refractivity contribution in [2.45, 2.75) is 11.3 Å². The molecule has 0 saturated carbocycles. The molecule has 0 fully saturated rings. The average Bonchev–Trinajstić information content (AvgIpc) is 2.36. The molecule has 1 aromatic heterocycles. The molecule has 106 valence electrons. The molecule has 1 aromatic rings. The van der Waals surface area contributed by atoms with E-state index in [1.807, 2.05) is 0 Å². The number of halogens is 1. The summed E-state index contributed by atoms with van der Waals surface area (Å²) in [6.45, 7) is 4.42. The second-order valence-electron chi connectivity index (χ2n) is 3.60. The molecule has 6 nitrogen and oxygen atoms in total. The largest absolute Gasteiger partial charge is 0.380 e. The average molecular weight is 307 g/mol. The molecule has 0 aliphatic heterocycles. The molecular formula is C11H15ClN2O4S. The van der Waals surface area contributed by atoms with E-state index in [9.17, 15) is 13.2 Å². The minimum atomic E-state index is -3.70. The first kappa shape index (κ1) is 15.9. The SMILES string of the molecule is C=CCCOCCNS(=O)(=O)c1c[nH]c(=O)c(Cl)c1. The van der Waals surface area contributed by atoms with Crippen molar-refractivity contribution >= 4 is 21.6 Å². The summed E-state index contributed by atoms with van der Waals surface area (Å²) < 4.78 is 31.1. The fraction of sp³-hybridized carbons (Fsp3) is 0.364. The summed E-state index contributed by atoms with van der Waals surface area (Å²) >= 11 is 5.57. The van der Waals surface area contributed by atoms with Gasteiger partial charge < -0.3 is 9.72 Å². The first-order valence-electron chi connectivity index (χ1n) is 5.54. The molecule has 0 radical (unpaired) electrons. The zero-order chi connectivity index (χ0) is 14.3. The maximum atomic E-state index is 11.8. The topological polar surface area (TPSA) is 88.3 Å². The lowest BCUT2D eigenvalue weighted by molar-refractivity contribution is 0.144. The monoisotopic (exact) mass is 306 g/mol. The lowest BCUT2D eigenvalue weighted by Gasteiger charge is -2.07. The third kappa shape index (κ3) is 5.15. The maximum absolute atomic E-state index is 11.8. The number of H-pyrrole nitrogens is 1. The van der Waals surface area contributed by atoms with Gasteiger partial charge in [-0.3, -0.25) is 4.79 Å². The molecule has 8 heteroatoms. The van der Waals surface area contributed by atoms with Gasteiger partial charge in [0.2, 0.25) is 10.0 Å². The number of rotatable bonds is 8. The normalized spacial score (nSPS) is 11.4. The summed E-state index contributed by atoms with van der Waals surface area (Å²) in [6, 6.07) is 1.10. The van der Waals surface area contributed by atoms with Crippen molar-refractivity contribution in [3.8, 4) is 0 Å². The van der Waals surface area contributed by atoms with Gasteiger partial charge in [-0.15, -0.1) is 6.58 Å². The zero-order valence-electron chi connectivity index (χ0n) is 10.2. The second-order valence-corrected chi connectivity index (χ2v) is 5.77. The van der Waals surface area contributed by atoms with Crippen LogP contribution in [-0.2, 0) is 14.8 Å². The van der Waals surface area contributed by atoms with E-state index in [-0.39, 0.29) is 23.1 Å². The van der Waals surface area contributed by atoms with Crippen LogP contribution in [0.25, 0.3) is 0 Å². The molecule has 19 heavy (non-hydrogen) atoms. The predicted molar refractivity (Wildman–Crippen MR) is 72.9 cm³/mol. The first-order chi connectivity index (χ1) is 8.97. The van der Waals surface area contributed by atoms with Crippen LogP contribution in [0.15, 0.2) is 34.6 Å². The molecule has 0 unspecified atom stereocenters. The van der Waals surface area contributed by atoms with Crippen molar-refractivity contribution in [1.29, 1.82) is 0 Å². The highest BCUT2D eigenvalue weighted by Gasteiger charge is 2.14. The van der Waals surface area contributed by atoms with Crippen molar-refractivity contribution in [2.24, 2.45) is 0 Å². The van der Waals surface area contributed by atoms with E-state index in [1.54, 1.807) is 6.08 Å². The Kier molecular flexibility index (Phi) is 6.23. The Morgan fingerprint density at radius 1 is 1.47 bits per heavy atom. The molecule has 0 aliphatic carbocycles. The molecule has 2 N–H and O–H groups in total. The Morgan fingerprint density at radius 2 is 2.21 bits per heavy atom. The number of aromatic amines is 1. The second kappa shape index (κ2) is 7.44. The molecule has 0 bridgehead atoms. The number of hydrogen-bond acceptors (Lipinski definition) is 4. The number of aromatic nitrogens is 1. The maximum Gasteiger partial charge on any atom is 0.266 e. The summed E-state index contributed by atoms with van der Waals surface area (Å²) in [5.74, 6) is 0. The van der Waals surface area contributed by atoms with Gasteiger partial charge in [0, 0.05) is 12.7 Å². The molecule has 0 saturated heterocycles. The molecule has 0 spiro atoms. The number of ether oxygens (including phenoxy) is 1. The molecule has 1 rings (SSSR count). The van der Waals surface area contributed by atoms with Crippen LogP contribution in [-0.4, -0.2) is 33.2 Å². The molecular weight excluding hydrogens is 292 g/mol. The van der Waals surface area contributed by atoms with Crippen molar-refractivity contribution < 1.29 is 13.2 Å². The highest BCUT2D eigenvalue weighted by atomic mass is 35.5. The van der Waals surface area contributed by atoms with Gasteiger partial charge in [-0.05, 0) is 12.5 Å². The van der Waals surface area contributed by atoms with Crippen molar-refractivity contribution in [3.05, 3.63) is 40.3 Å². The van der Waals surface area contributed by atoms with Crippen molar-refractivity contribution in [3.63, 3.8) is 0 Å². The number of hydrogen-bond donors (Lipinski definition) is 2. The number of pyridine rings is 1. The smallest absolute Gasteiger partial charge is 0.266 e. The van der Waals surface area contributed by atoms with E-state index >= 15 is 0 Å². The van der Waals surface area contributed by atoms with Gasteiger partial charge in [0.05, 0.1) is 18.1 Å². The van der Waals surface area contributed by atoms with Crippen LogP contribution in [0.3, 0.4) is 0 Å². The van der Waals surface area contributed by atoms with Crippen LogP contribution in [0, 0.1) is 0 Å². The Balaban J connectivity index is 2.54. The van der Waals surface area contributed by atoms with E-state index in [2.05, 4.69) is 16.3 Å². The number of nitrogens with one attached hydrogen (secondary N) is 2. The lowest BCUT2D eigenvalue weighted by Crippen LogP contribution is -2.28. The predicted octanol–water partition coefficient (Wildman–Crippen LogP) is 0.899. The van der Waals surface area contributed by atoms with Crippen LogP contribution < -0.4 is 10.3 Å². The summed E-state index contributed by atoms with van der Waals surface area (Å²) in [4.78, 5) is 13.2. The third-order valence-electron chi connectivity index (χ3n) is 2.15. The molecule has 1 heterocycles. The van der Waals surface area contributed by atoms with Crippen LogP contribution in [0.2, 0.25) is 5.02 Å². The van der Waals surface area contributed by atoms with Gasteiger partial charge in [-0.25, -0.2) is 13.1 Å². The van der Waals surface area contributed by atoms with Crippen LogP contribution in [0.1, 0.15) is 6.42 Å². The summed E-state index contributed by atoms with van der Waals surface area (Å²) in [5, 5.41) is -0.176. The zero-order valence-corrected chi connectivity index (χ0v) is 11.8. The van der Waals surface area contributed by atoms with Gasteiger partial charge in [0.25, 0.3) is 5.56 Å². The minimum Gasteiger partial charge on any atom is -0.380 e. The minimum absolute atomic E-state index is 0.0943. The Hall–Kier alpha value is -1.15. The van der Waals surface area contributed by atoms with Gasteiger partial charge in [0.1, 0.15) is 5.02 Å². The van der Waals surface area contributed by atoms with Crippen LogP contribution in [0.4, 0.5) is 0 Å². The van der Waals surface area contributed by atoms with Crippen molar-refractivity contribution in [2.75, 3.05) is 19.8 Å². The fourth-order valence-electron chi connectivity index (χ4n) is 1.19. The summed E-state index contributed by atoms with van der Waals surface area (Å²) in [5.41, 5.74) is -0.534. The van der Waals surface area contributed by atoms with E-state index in [0.717, 1.165) is 12.3 Å². The van der Waals surface area contributed by atoms with E-state index in [1.165, 1.54) is 0 Å². The van der Waals surface area contributed by atoms with E-state index < -0.39 is 15.6 Å². The van der Waals surface area contributed by atoms with Crippen molar-refractivity contribution in [1.82, 2.24) is 9.71 Å². The Labute approximate surface area is 116 Å². The number of sulfonamides is 1. The van der Waals surface area contributed by atoms with Gasteiger partial charge in [-0.1, -0.05) is 17.7 Å². The molecule has 0 aromatic carbocycles. The lowest BCUT2D eigenvalue weighted by atomic mass is 10.5. The van der Waals surface area contributed by atoms with Gasteiger partial charge in [-0.2, -0.15) is 0 Å². The van der Waals surface area contributed by atoms with E-state index in [4.69, 9.17) is 16.3 Å². The molecule has 0 atom stereocenters. The van der Waals surface area contributed by atoms with Crippen LogP contribution in [0.5, 0.6) is 0 Å². The standard InChI is InChI=1S/C11H15ClN2O4S/c1-2-3-5-18-6-4-14-19(16,17)9-7-10(12)11(15)13-8-9/h2,7-8,14H,1,3-6H2,(H,13,15). The Bertz CT molecular complexity index is 583. The summed E-state index contributed by atoms with van der Waals surface area (Å²) in [7, 11) is -3.70. The van der Waals surface area contributed by atoms with E-state index in [0.29, 0.717) is 13.0 Å².